The van der Waals surface area contributed by atoms with Gasteiger partial charge in [-0.2, -0.15) is 0 Å². The Balaban J connectivity index is 2.03. The fourth-order valence-corrected chi connectivity index (χ4v) is 3.16. The summed E-state index contributed by atoms with van der Waals surface area (Å²) in [6.45, 7) is 1.11. The van der Waals surface area contributed by atoms with Gasteiger partial charge >= 0.3 is 0 Å². The predicted molar refractivity (Wildman–Crippen MR) is 62.4 cm³/mol. The second-order valence-corrected chi connectivity index (χ2v) is 4.64. The highest BCUT2D eigenvalue weighted by molar-refractivity contribution is 5.79. The van der Waals surface area contributed by atoms with Crippen molar-refractivity contribution in [3.63, 3.8) is 0 Å². The molecule has 4 heteroatoms. The van der Waals surface area contributed by atoms with Crippen LogP contribution < -0.4 is 11.3 Å². The molecule has 0 bridgehead atoms. The zero-order chi connectivity index (χ0) is 10.7. The molecule has 1 aliphatic carbocycles. The Labute approximate surface area is 91.9 Å². The van der Waals surface area contributed by atoms with Gasteiger partial charge in [0, 0.05) is 19.6 Å². The first kappa shape index (κ1) is 10.7. The van der Waals surface area contributed by atoms with E-state index in [0.29, 0.717) is 6.04 Å². The number of likely N-dealkylation sites (tertiary alicyclic amines) is 1. The van der Waals surface area contributed by atoms with Crippen LogP contribution >= 0.6 is 0 Å². The molecule has 1 aliphatic heterocycles. The van der Waals surface area contributed by atoms with Crippen molar-refractivity contribution in [3.8, 4) is 0 Å². The van der Waals surface area contributed by atoms with Gasteiger partial charge < -0.3 is 4.90 Å². The molecule has 1 heterocycles. The number of guanidine groups is 1. The third-order valence-corrected chi connectivity index (χ3v) is 3.86. The molecule has 2 rings (SSSR count). The number of aliphatic imine (C=N–C) groups is 1. The summed E-state index contributed by atoms with van der Waals surface area (Å²) >= 11 is 0. The highest BCUT2D eigenvalue weighted by Gasteiger charge is 2.34. The topological polar surface area (TPSA) is 53.6 Å². The zero-order valence-corrected chi connectivity index (χ0v) is 9.58. The van der Waals surface area contributed by atoms with Gasteiger partial charge in [0.05, 0.1) is 0 Å². The van der Waals surface area contributed by atoms with Crippen molar-refractivity contribution < 1.29 is 0 Å². The van der Waals surface area contributed by atoms with Crippen LogP contribution in [0.2, 0.25) is 0 Å². The maximum Gasteiger partial charge on any atom is 0.208 e. The van der Waals surface area contributed by atoms with Gasteiger partial charge in [-0.25, -0.2) is 5.84 Å². The van der Waals surface area contributed by atoms with E-state index in [1.807, 2.05) is 0 Å². The van der Waals surface area contributed by atoms with Gasteiger partial charge in [0.1, 0.15) is 0 Å². The number of hydrazine groups is 1. The summed E-state index contributed by atoms with van der Waals surface area (Å²) in [4.78, 5) is 6.59. The molecular formula is C11H22N4. The van der Waals surface area contributed by atoms with Gasteiger partial charge in [0.2, 0.25) is 5.96 Å². The van der Waals surface area contributed by atoms with Crippen LogP contribution in [0.15, 0.2) is 4.99 Å². The quantitative estimate of drug-likeness (QED) is 0.295. The Morgan fingerprint density at radius 2 is 2.00 bits per heavy atom. The van der Waals surface area contributed by atoms with Crippen molar-refractivity contribution in [3.05, 3.63) is 0 Å². The van der Waals surface area contributed by atoms with Gasteiger partial charge in [0.15, 0.2) is 0 Å². The molecule has 1 saturated carbocycles. The summed E-state index contributed by atoms with van der Waals surface area (Å²) in [6.07, 6.45) is 8.19. The Morgan fingerprint density at radius 1 is 1.27 bits per heavy atom. The standard InChI is InChI=1S/C11H22N4/c1-13-11(14-12)15-8-4-7-10(15)9-5-2-3-6-9/h9-10H,2-8,12H2,1H3,(H,13,14). The molecule has 3 N–H and O–H groups in total. The molecule has 4 nitrogen and oxygen atoms in total. The van der Waals surface area contributed by atoms with Crippen LogP contribution in [0.3, 0.4) is 0 Å². The normalized spacial score (nSPS) is 28.8. The van der Waals surface area contributed by atoms with E-state index in [1.54, 1.807) is 7.05 Å². The monoisotopic (exact) mass is 210 g/mol. The van der Waals surface area contributed by atoms with Crippen LogP contribution in [0, 0.1) is 5.92 Å². The smallest absolute Gasteiger partial charge is 0.208 e. The van der Waals surface area contributed by atoms with Crippen molar-refractivity contribution in [1.29, 1.82) is 0 Å². The van der Waals surface area contributed by atoms with Crippen LogP contribution in [0.5, 0.6) is 0 Å². The second kappa shape index (κ2) is 4.84. The number of nitrogens with one attached hydrogen (secondary N) is 1. The third kappa shape index (κ3) is 2.09. The first-order chi connectivity index (χ1) is 7.36. The molecule has 1 atom stereocenters. The summed E-state index contributed by atoms with van der Waals surface area (Å²) in [5.74, 6) is 7.24. The SMILES string of the molecule is CN=C(NN)N1CCCC1C1CCCC1. The first-order valence-corrected chi connectivity index (χ1v) is 6.07. The Kier molecular flexibility index (Phi) is 3.46. The van der Waals surface area contributed by atoms with E-state index in [-0.39, 0.29) is 0 Å². The van der Waals surface area contributed by atoms with Crippen LogP contribution in [0.4, 0.5) is 0 Å². The highest BCUT2D eigenvalue weighted by Crippen LogP contribution is 2.35. The van der Waals surface area contributed by atoms with Crippen molar-refractivity contribution >= 4 is 5.96 Å². The number of rotatable bonds is 1. The molecule has 0 aromatic rings. The number of hydrogen-bond donors (Lipinski definition) is 2. The lowest BCUT2D eigenvalue weighted by atomic mass is 9.96. The van der Waals surface area contributed by atoms with Gasteiger partial charge in [-0.15, -0.1) is 0 Å². The van der Waals surface area contributed by atoms with Gasteiger partial charge in [0.25, 0.3) is 0 Å². The van der Waals surface area contributed by atoms with Crippen LogP contribution in [-0.2, 0) is 0 Å². The molecule has 1 unspecified atom stereocenters. The van der Waals surface area contributed by atoms with Crippen molar-refractivity contribution in [1.82, 2.24) is 10.3 Å². The van der Waals surface area contributed by atoms with E-state index >= 15 is 0 Å². The maximum absolute atomic E-state index is 5.50. The molecule has 2 aliphatic rings. The lowest BCUT2D eigenvalue weighted by Gasteiger charge is -2.31. The summed E-state index contributed by atoms with van der Waals surface area (Å²) in [5, 5.41) is 0. The van der Waals surface area contributed by atoms with E-state index in [2.05, 4.69) is 15.3 Å². The minimum atomic E-state index is 0.683. The predicted octanol–water partition coefficient (Wildman–Crippen LogP) is 1.09. The lowest BCUT2D eigenvalue weighted by Crippen LogP contribution is -2.48. The van der Waals surface area contributed by atoms with E-state index in [0.717, 1.165) is 18.4 Å². The molecule has 0 radical (unpaired) electrons. The van der Waals surface area contributed by atoms with Gasteiger partial charge in [-0.1, -0.05) is 12.8 Å². The van der Waals surface area contributed by atoms with Gasteiger partial charge in [-0.3, -0.25) is 10.4 Å². The molecule has 86 valence electrons. The van der Waals surface area contributed by atoms with Crippen molar-refractivity contribution in [2.24, 2.45) is 16.8 Å². The van der Waals surface area contributed by atoms with E-state index in [4.69, 9.17) is 5.84 Å². The van der Waals surface area contributed by atoms with Crippen molar-refractivity contribution in [2.45, 2.75) is 44.6 Å². The number of nitrogens with two attached hydrogens (primary N) is 1. The van der Waals surface area contributed by atoms with Gasteiger partial charge in [-0.05, 0) is 31.6 Å². The van der Waals surface area contributed by atoms with Crippen LogP contribution in [-0.4, -0.2) is 30.5 Å². The maximum atomic E-state index is 5.50. The molecule has 0 aromatic heterocycles. The highest BCUT2D eigenvalue weighted by atomic mass is 15.4. The molecule has 0 amide bonds. The van der Waals surface area contributed by atoms with E-state index < -0.39 is 0 Å². The third-order valence-electron chi connectivity index (χ3n) is 3.86. The molecule has 2 fully saturated rings. The zero-order valence-electron chi connectivity index (χ0n) is 9.58. The average Bonchev–Trinajstić information content (AvgIpc) is 2.88. The van der Waals surface area contributed by atoms with Crippen molar-refractivity contribution in [2.75, 3.05) is 13.6 Å². The van der Waals surface area contributed by atoms with Crippen LogP contribution in [0.1, 0.15) is 38.5 Å². The molecular weight excluding hydrogens is 188 g/mol. The first-order valence-electron chi connectivity index (χ1n) is 6.07. The Bertz CT molecular complexity index is 233. The minimum absolute atomic E-state index is 0.683. The largest absolute Gasteiger partial charge is 0.339 e. The average molecular weight is 210 g/mol. The summed E-state index contributed by atoms with van der Waals surface area (Å²) in [7, 11) is 1.80. The molecule has 1 saturated heterocycles. The van der Waals surface area contributed by atoms with Crippen LogP contribution in [0.25, 0.3) is 0 Å². The fourth-order valence-electron chi connectivity index (χ4n) is 3.16. The number of hydrogen-bond acceptors (Lipinski definition) is 2. The Morgan fingerprint density at radius 3 is 2.60 bits per heavy atom. The minimum Gasteiger partial charge on any atom is -0.339 e. The van der Waals surface area contributed by atoms with E-state index in [1.165, 1.54) is 38.5 Å². The number of nitrogens with zero attached hydrogens (tertiary/aromatic N) is 2. The summed E-state index contributed by atoms with van der Waals surface area (Å²) in [5.41, 5.74) is 2.72. The molecule has 15 heavy (non-hydrogen) atoms. The summed E-state index contributed by atoms with van der Waals surface area (Å²) in [6, 6.07) is 0.683. The summed E-state index contributed by atoms with van der Waals surface area (Å²) < 4.78 is 0. The second-order valence-electron chi connectivity index (χ2n) is 4.64. The fraction of sp³-hybridized carbons (Fsp3) is 0.909. The Hall–Kier alpha value is -0.770. The molecule has 0 aromatic carbocycles. The lowest BCUT2D eigenvalue weighted by molar-refractivity contribution is 0.274. The van der Waals surface area contributed by atoms with E-state index in [9.17, 15) is 0 Å². The molecule has 0 spiro atoms.